The Bertz CT molecular complexity index is 150. The van der Waals surface area contributed by atoms with Crippen LogP contribution in [0.25, 0.3) is 0 Å². The average Bonchev–Trinajstić information content (AvgIpc) is 2.20. The van der Waals surface area contributed by atoms with Gasteiger partial charge in [0.05, 0.1) is 13.2 Å². The molecule has 104 valence electrons. The smallest absolute Gasteiger partial charge is 0.302 e. The summed E-state index contributed by atoms with van der Waals surface area (Å²) in [6, 6.07) is 0. The van der Waals surface area contributed by atoms with Gasteiger partial charge < -0.3 is 14.6 Å². The van der Waals surface area contributed by atoms with E-state index >= 15 is 0 Å². The molecule has 0 rings (SSSR count). The predicted molar refractivity (Wildman–Crippen MR) is 66.6 cm³/mol. The van der Waals surface area contributed by atoms with Crippen LogP contribution in [-0.2, 0) is 19.1 Å². The van der Waals surface area contributed by atoms with Gasteiger partial charge in [-0.2, -0.15) is 0 Å². The van der Waals surface area contributed by atoms with Crippen LogP contribution >= 0.6 is 0 Å². The molecule has 0 saturated heterocycles. The quantitative estimate of drug-likeness (QED) is 0.772. The van der Waals surface area contributed by atoms with Gasteiger partial charge in [0.2, 0.25) is 0 Å². The summed E-state index contributed by atoms with van der Waals surface area (Å²) in [4.78, 5) is 19.6. The number of ether oxygens (including phenoxy) is 2. The van der Waals surface area contributed by atoms with Gasteiger partial charge in [-0.25, -0.2) is 0 Å². The van der Waals surface area contributed by atoms with E-state index in [0.717, 1.165) is 12.8 Å². The number of carbonyl (C=O) groups is 2. The maximum Gasteiger partial charge on any atom is 0.302 e. The highest BCUT2D eigenvalue weighted by Crippen LogP contribution is 1.78. The van der Waals surface area contributed by atoms with E-state index in [1.807, 2.05) is 0 Å². The number of hydrogen-bond acceptors (Lipinski definition) is 5. The normalized spacial score (nSPS) is 7.88. The molecule has 0 aromatic carbocycles. The number of unbranched alkanes of at least 4 members (excludes halogenated alkanes) is 1. The predicted octanol–water partition coefficient (Wildman–Crippen LogP) is 1.92. The molecule has 0 spiro atoms. The van der Waals surface area contributed by atoms with Gasteiger partial charge in [0, 0.05) is 20.5 Å². The standard InChI is InChI=1S/2C4H8O2.C4H10O/c2*1-3-6-4(2)5;1-2-3-4-5/h2*3H2,1-2H3;5H,2-4H2,1H3. The van der Waals surface area contributed by atoms with Gasteiger partial charge in [-0.15, -0.1) is 0 Å². The average molecular weight is 250 g/mol. The van der Waals surface area contributed by atoms with Crippen molar-refractivity contribution in [2.45, 2.75) is 47.5 Å². The van der Waals surface area contributed by atoms with Crippen molar-refractivity contribution >= 4 is 11.9 Å². The molecule has 17 heavy (non-hydrogen) atoms. The summed E-state index contributed by atoms with van der Waals surface area (Å²) in [6.45, 7) is 9.70. The van der Waals surface area contributed by atoms with Gasteiger partial charge in [0.25, 0.3) is 0 Å². The molecule has 0 aliphatic carbocycles. The number of aliphatic hydroxyl groups excluding tert-OH is 1. The first-order valence-electron chi connectivity index (χ1n) is 5.83. The fourth-order valence-electron chi connectivity index (χ4n) is 0.565. The summed E-state index contributed by atoms with van der Waals surface area (Å²) >= 11 is 0. The third-order valence-corrected chi connectivity index (χ3v) is 1.21. The zero-order valence-corrected chi connectivity index (χ0v) is 11.6. The van der Waals surface area contributed by atoms with Crippen molar-refractivity contribution in [3.05, 3.63) is 0 Å². The third kappa shape index (κ3) is 52.1. The van der Waals surface area contributed by atoms with Crippen LogP contribution in [0.1, 0.15) is 47.5 Å². The largest absolute Gasteiger partial charge is 0.466 e. The minimum absolute atomic E-state index is 0.211. The molecule has 5 heteroatoms. The number of rotatable bonds is 4. The van der Waals surface area contributed by atoms with Crippen molar-refractivity contribution in [1.29, 1.82) is 0 Å². The molecule has 0 heterocycles. The molecule has 0 aromatic rings. The zero-order valence-electron chi connectivity index (χ0n) is 11.6. The molecule has 0 fully saturated rings. The highest BCUT2D eigenvalue weighted by atomic mass is 16.5. The van der Waals surface area contributed by atoms with E-state index in [-0.39, 0.29) is 11.9 Å². The topological polar surface area (TPSA) is 72.8 Å². The molecule has 0 bridgehead atoms. The Hall–Kier alpha value is -1.10. The number of aliphatic hydroxyl groups is 1. The lowest BCUT2D eigenvalue weighted by atomic mass is 10.4. The van der Waals surface area contributed by atoms with Crippen LogP contribution in [-0.4, -0.2) is 36.9 Å². The highest BCUT2D eigenvalue weighted by molar-refractivity contribution is 5.66. The van der Waals surface area contributed by atoms with Crippen molar-refractivity contribution in [1.82, 2.24) is 0 Å². The first-order chi connectivity index (χ1) is 7.95. The first-order valence-corrected chi connectivity index (χ1v) is 5.83. The van der Waals surface area contributed by atoms with Crippen molar-refractivity contribution in [2.24, 2.45) is 0 Å². The minimum atomic E-state index is -0.211. The fraction of sp³-hybridized carbons (Fsp3) is 0.833. The second-order valence-electron chi connectivity index (χ2n) is 2.93. The van der Waals surface area contributed by atoms with Gasteiger partial charge in [-0.3, -0.25) is 9.59 Å². The van der Waals surface area contributed by atoms with Gasteiger partial charge in [0.15, 0.2) is 0 Å². The van der Waals surface area contributed by atoms with Gasteiger partial charge in [-0.05, 0) is 20.3 Å². The van der Waals surface area contributed by atoms with E-state index in [9.17, 15) is 9.59 Å². The molecular weight excluding hydrogens is 224 g/mol. The van der Waals surface area contributed by atoms with Crippen LogP contribution < -0.4 is 0 Å². The van der Waals surface area contributed by atoms with Crippen molar-refractivity contribution in [3.8, 4) is 0 Å². The molecule has 0 atom stereocenters. The van der Waals surface area contributed by atoms with Crippen LogP contribution in [0.2, 0.25) is 0 Å². The minimum Gasteiger partial charge on any atom is -0.466 e. The van der Waals surface area contributed by atoms with Gasteiger partial charge in [-0.1, -0.05) is 13.3 Å². The molecule has 0 aliphatic heterocycles. The zero-order chi connectivity index (χ0) is 14.1. The molecule has 0 unspecified atom stereocenters. The molecule has 0 aliphatic rings. The Morgan fingerprint density at radius 1 is 0.941 bits per heavy atom. The molecule has 1 N–H and O–H groups in total. The van der Waals surface area contributed by atoms with Crippen molar-refractivity contribution < 1.29 is 24.2 Å². The van der Waals surface area contributed by atoms with Crippen LogP contribution in [0.4, 0.5) is 0 Å². The molecule has 5 nitrogen and oxygen atoms in total. The van der Waals surface area contributed by atoms with E-state index in [4.69, 9.17) is 5.11 Å². The second kappa shape index (κ2) is 20.3. The lowest BCUT2D eigenvalue weighted by Crippen LogP contribution is -1.95. The Balaban J connectivity index is -0.000000174. The van der Waals surface area contributed by atoms with E-state index < -0.39 is 0 Å². The van der Waals surface area contributed by atoms with Crippen molar-refractivity contribution in [3.63, 3.8) is 0 Å². The van der Waals surface area contributed by atoms with E-state index in [1.54, 1.807) is 13.8 Å². The maximum atomic E-state index is 9.82. The Kier molecular flexibility index (Phi) is 25.4. The van der Waals surface area contributed by atoms with E-state index in [1.165, 1.54) is 13.8 Å². The van der Waals surface area contributed by atoms with Crippen LogP contribution in [0.5, 0.6) is 0 Å². The Morgan fingerprint density at radius 2 is 1.29 bits per heavy atom. The van der Waals surface area contributed by atoms with Crippen LogP contribution in [0, 0.1) is 0 Å². The summed E-state index contributed by atoms with van der Waals surface area (Å²) in [6.07, 6.45) is 2.04. The lowest BCUT2D eigenvalue weighted by molar-refractivity contribution is -0.141. The third-order valence-electron chi connectivity index (χ3n) is 1.21. The summed E-state index contributed by atoms with van der Waals surface area (Å²) < 4.78 is 8.81. The molecule has 0 amide bonds. The first kappa shape index (κ1) is 21.2. The highest BCUT2D eigenvalue weighted by Gasteiger charge is 1.82. The Labute approximate surface area is 104 Å². The monoisotopic (exact) mass is 250 g/mol. The molecule has 0 aromatic heterocycles. The fourth-order valence-corrected chi connectivity index (χ4v) is 0.565. The van der Waals surface area contributed by atoms with Gasteiger partial charge in [0.1, 0.15) is 0 Å². The molecular formula is C12H26O5. The number of hydrogen-bond donors (Lipinski definition) is 1. The number of esters is 2. The second-order valence-corrected chi connectivity index (χ2v) is 2.93. The summed E-state index contributed by atoms with van der Waals surface area (Å²) in [5.74, 6) is -0.421. The van der Waals surface area contributed by atoms with Crippen molar-refractivity contribution in [2.75, 3.05) is 19.8 Å². The van der Waals surface area contributed by atoms with Crippen LogP contribution in [0.15, 0.2) is 0 Å². The van der Waals surface area contributed by atoms with Gasteiger partial charge >= 0.3 is 11.9 Å². The maximum absolute atomic E-state index is 9.82. The number of carbonyl (C=O) groups excluding carboxylic acids is 2. The summed E-state index contributed by atoms with van der Waals surface area (Å²) in [5.41, 5.74) is 0. The molecule has 0 radical (unpaired) electrons. The Morgan fingerprint density at radius 3 is 1.29 bits per heavy atom. The lowest BCUT2D eigenvalue weighted by Gasteiger charge is -1.89. The van der Waals surface area contributed by atoms with Crippen LogP contribution in [0.3, 0.4) is 0 Å². The summed E-state index contributed by atoms with van der Waals surface area (Å²) in [5, 5.41) is 8.07. The van der Waals surface area contributed by atoms with E-state index in [0.29, 0.717) is 19.8 Å². The summed E-state index contributed by atoms with van der Waals surface area (Å²) in [7, 11) is 0. The molecule has 0 saturated carbocycles. The van der Waals surface area contributed by atoms with E-state index in [2.05, 4.69) is 16.4 Å². The SMILES string of the molecule is CCCCO.CCOC(C)=O.CCOC(C)=O.